The van der Waals surface area contributed by atoms with Crippen LogP contribution in [0.15, 0.2) is 36.8 Å². The highest BCUT2D eigenvalue weighted by Crippen LogP contribution is 2.17. The van der Waals surface area contributed by atoms with E-state index < -0.39 is 0 Å². The number of imidazole rings is 1. The van der Waals surface area contributed by atoms with E-state index in [0.29, 0.717) is 0 Å². The van der Waals surface area contributed by atoms with Gasteiger partial charge < -0.3 is 10.3 Å². The van der Waals surface area contributed by atoms with Crippen molar-refractivity contribution >= 4 is 11.6 Å². The highest BCUT2D eigenvalue weighted by molar-refractivity contribution is 6.30. The molecule has 0 fully saturated rings. The van der Waals surface area contributed by atoms with Gasteiger partial charge in [0, 0.05) is 18.3 Å². The van der Waals surface area contributed by atoms with Crippen molar-refractivity contribution in [2.24, 2.45) is 12.8 Å². The van der Waals surface area contributed by atoms with Gasteiger partial charge in [0.25, 0.3) is 0 Å². The van der Waals surface area contributed by atoms with Crippen LogP contribution in [0.25, 0.3) is 0 Å². The Hall–Kier alpha value is -1.32. The molecule has 0 saturated heterocycles. The van der Waals surface area contributed by atoms with Gasteiger partial charge >= 0.3 is 0 Å². The topological polar surface area (TPSA) is 43.8 Å². The van der Waals surface area contributed by atoms with Crippen molar-refractivity contribution < 1.29 is 0 Å². The molecule has 0 aliphatic rings. The average Bonchev–Trinajstić information content (AvgIpc) is 2.68. The molecule has 2 aromatic rings. The smallest absolute Gasteiger partial charge is 0.0946 e. The summed E-state index contributed by atoms with van der Waals surface area (Å²) >= 11 is 5.83. The maximum atomic E-state index is 6.12. The second kappa shape index (κ2) is 4.68. The summed E-state index contributed by atoms with van der Waals surface area (Å²) in [5.74, 6) is 0. The minimum absolute atomic E-state index is 0.0336. The van der Waals surface area contributed by atoms with Gasteiger partial charge in [-0.2, -0.15) is 0 Å². The van der Waals surface area contributed by atoms with Gasteiger partial charge in [-0.25, -0.2) is 4.98 Å². The van der Waals surface area contributed by atoms with Gasteiger partial charge in [0.15, 0.2) is 0 Å². The first-order chi connectivity index (χ1) is 7.66. The molecule has 1 aromatic heterocycles. The quantitative estimate of drug-likeness (QED) is 0.887. The largest absolute Gasteiger partial charge is 0.336 e. The fourth-order valence-corrected chi connectivity index (χ4v) is 1.83. The number of aryl methyl sites for hydroxylation is 1. The summed E-state index contributed by atoms with van der Waals surface area (Å²) in [6, 6.07) is 7.73. The third-order valence-corrected chi connectivity index (χ3v) is 2.85. The predicted octanol–water partition coefficient (Wildman–Crippen LogP) is 2.32. The van der Waals surface area contributed by atoms with Crippen LogP contribution in [0.5, 0.6) is 0 Å². The predicted molar refractivity (Wildman–Crippen MR) is 65.3 cm³/mol. The maximum absolute atomic E-state index is 6.12. The highest BCUT2D eigenvalue weighted by atomic mass is 35.5. The van der Waals surface area contributed by atoms with Crippen LogP contribution in [0, 0.1) is 0 Å². The number of benzene rings is 1. The Morgan fingerprint density at radius 1 is 1.38 bits per heavy atom. The van der Waals surface area contributed by atoms with Crippen LogP contribution < -0.4 is 5.73 Å². The summed E-state index contributed by atoms with van der Waals surface area (Å²) in [4.78, 5) is 4.06. The zero-order chi connectivity index (χ0) is 11.5. The zero-order valence-electron chi connectivity index (χ0n) is 9.10. The molecule has 1 aromatic carbocycles. The van der Waals surface area contributed by atoms with Crippen LogP contribution in [0.3, 0.4) is 0 Å². The van der Waals surface area contributed by atoms with Gasteiger partial charge in [0.1, 0.15) is 0 Å². The lowest BCUT2D eigenvalue weighted by atomic mass is 10.0. The number of aromatic nitrogens is 2. The van der Waals surface area contributed by atoms with E-state index in [-0.39, 0.29) is 6.04 Å². The molecule has 4 heteroatoms. The van der Waals surface area contributed by atoms with E-state index in [1.165, 1.54) is 5.56 Å². The van der Waals surface area contributed by atoms with Crippen LogP contribution >= 0.6 is 11.6 Å². The summed E-state index contributed by atoms with van der Waals surface area (Å²) in [7, 11) is 1.95. The fourth-order valence-electron chi connectivity index (χ4n) is 1.70. The van der Waals surface area contributed by atoms with Crippen molar-refractivity contribution in [1.82, 2.24) is 9.55 Å². The van der Waals surface area contributed by atoms with Crippen molar-refractivity contribution in [2.45, 2.75) is 12.5 Å². The summed E-state index contributed by atoms with van der Waals surface area (Å²) in [5.41, 5.74) is 8.33. The van der Waals surface area contributed by atoms with Crippen LogP contribution in [0.2, 0.25) is 5.02 Å². The fraction of sp³-hybridized carbons (Fsp3) is 0.250. The first-order valence-corrected chi connectivity index (χ1v) is 5.51. The Morgan fingerprint density at radius 2 is 2.06 bits per heavy atom. The third-order valence-electron chi connectivity index (χ3n) is 2.60. The zero-order valence-corrected chi connectivity index (χ0v) is 9.85. The number of hydrogen-bond acceptors (Lipinski definition) is 2. The number of hydrogen-bond donors (Lipinski definition) is 1. The molecule has 0 aliphatic heterocycles. The lowest BCUT2D eigenvalue weighted by Gasteiger charge is -2.12. The number of rotatable bonds is 3. The van der Waals surface area contributed by atoms with Gasteiger partial charge in [0.2, 0.25) is 0 Å². The van der Waals surface area contributed by atoms with Crippen molar-refractivity contribution in [3.05, 3.63) is 53.1 Å². The monoisotopic (exact) mass is 235 g/mol. The Labute approximate surface area is 99.9 Å². The summed E-state index contributed by atoms with van der Waals surface area (Å²) in [6.07, 6.45) is 4.36. The molecular formula is C12H14ClN3. The minimum Gasteiger partial charge on any atom is -0.336 e. The van der Waals surface area contributed by atoms with Gasteiger partial charge in [-0.15, -0.1) is 0 Å². The normalized spacial score (nSPS) is 12.7. The number of nitrogens with zero attached hydrogens (tertiary/aromatic N) is 2. The minimum atomic E-state index is -0.0336. The molecule has 2 rings (SSSR count). The van der Waals surface area contributed by atoms with Crippen molar-refractivity contribution in [3.8, 4) is 0 Å². The first kappa shape index (κ1) is 11.2. The van der Waals surface area contributed by atoms with Gasteiger partial charge in [0.05, 0.1) is 18.1 Å². The van der Waals surface area contributed by atoms with E-state index >= 15 is 0 Å². The molecule has 2 N–H and O–H groups in total. The lowest BCUT2D eigenvalue weighted by Crippen LogP contribution is -2.16. The van der Waals surface area contributed by atoms with E-state index in [1.807, 2.05) is 35.9 Å². The average molecular weight is 236 g/mol. The van der Waals surface area contributed by atoms with E-state index in [0.717, 1.165) is 17.1 Å². The molecule has 0 radical (unpaired) electrons. The SMILES string of the molecule is Cn1cncc1C(N)Cc1ccc(Cl)cc1. The van der Waals surface area contributed by atoms with Crippen molar-refractivity contribution in [3.63, 3.8) is 0 Å². The van der Waals surface area contributed by atoms with E-state index in [4.69, 9.17) is 17.3 Å². The van der Waals surface area contributed by atoms with Crippen LogP contribution in [-0.2, 0) is 13.5 Å². The summed E-state index contributed by atoms with van der Waals surface area (Å²) < 4.78 is 1.95. The van der Waals surface area contributed by atoms with E-state index in [9.17, 15) is 0 Å². The number of halogens is 1. The molecule has 0 saturated carbocycles. The van der Waals surface area contributed by atoms with Crippen LogP contribution in [0.4, 0.5) is 0 Å². The van der Waals surface area contributed by atoms with Crippen LogP contribution in [-0.4, -0.2) is 9.55 Å². The standard InChI is InChI=1S/C12H14ClN3/c1-16-8-15-7-12(16)11(14)6-9-2-4-10(13)5-3-9/h2-5,7-8,11H,6,14H2,1H3. The Morgan fingerprint density at radius 3 is 2.62 bits per heavy atom. The Kier molecular flexibility index (Phi) is 3.27. The van der Waals surface area contributed by atoms with E-state index in [2.05, 4.69) is 4.98 Å². The Balaban J connectivity index is 2.10. The molecule has 1 unspecified atom stereocenters. The first-order valence-electron chi connectivity index (χ1n) is 5.13. The van der Waals surface area contributed by atoms with Gasteiger partial charge in [-0.3, -0.25) is 0 Å². The Bertz CT molecular complexity index is 461. The van der Waals surface area contributed by atoms with Crippen molar-refractivity contribution in [1.29, 1.82) is 0 Å². The second-order valence-corrected chi connectivity index (χ2v) is 4.30. The van der Waals surface area contributed by atoms with Gasteiger partial charge in [-0.1, -0.05) is 23.7 Å². The summed E-state index contributed by atoms with van der Waals surface area (Å²) in [6.45, 7) is 0. The molecule has 1 atom stereocenters. The van der Waals surface area contributed by atoms with Crippen molar-refractivity contribution in [2.75, 3.05) is 0 Å². The molecule has 16 heavy (non-hydrogen) atoms. The molecule has 0 spiro atoms. The molecule has 3 nitrogen and oxygen atoms in total. The molecule has 1 heterocycles. The molecule has 0 aliphatic carbocycles. The second-order valence-electron chi connectivity index (χ2n) is 3.87. The summed E-state index contributed by atoms with van der Waals surface area (Å²) in [5, 5.41) is 0.748. The highest BCUT2D eigenvalue weighted by Gasteiger charge is 2.10. The van der Waals surface area contributed by atoms with Gasteiger partial charge in [-0.05, 0) is 24.1 Å². The molecule has 0 amide bonds. The maximum Gasteiger partial charge on any atom is 0.0946 e. The van der Waals surface area contributed by atoms with E-state index in [1.54, 1.807) is 12.5 Å². The van der Waals surface area contributed by atoms with Crippen LogP contribution in [0.1, 0.15) is 17.3 Å². The third kappa shape index (κ3) is 2.43. The lowest BCUT2D eigenvalue weighted by molar-refractivity contribution is 0.656. The molecule has 0 bridgehead atoms. The molecule has 84 valence electrons. The number of nitrogens with two attached hydrogens (primary N) is 1. The molecular weight excluding hydrogens is 222 g/mol.